The summed E-state index contributed by atoms with van der Waals surface area (Å²) in [7, 11) is 1.65. The molecule has 1 aromatic carbocycles. The van der Waals surface area contributed by atoms with E-state index >= 15 is 0 Å². The van der Waals surface area contributed by atoms with E-state index in [1.54, 1.807) is 14.0 Å². The van der Waals surface area contributed by atoms with Gasteiger partial charge in [-0.1, -0.05) is 11.6 Å². The number of alkyl halides is 3. The Balaban J connectivity index is 1.83. The van der Waals surface area contributed by atoms with E-state index in [1.165, 1.54) is 34.4 Å². The molecule has 1 N–H and O–H groups in total. The van der Waals surface area contributed by atoms with Gasteiger partial charge in [-0.25, -0.2) is 15.0 Å². The zero-order chi connectivity index (χ0) is 25.9. The zero-order valence-electron chi connectivity index (χ0n) is 19.0. The Labute approximate surface area is 203 Å². The summed E-state index contributed by atoms with van der Waals surface area (Å²) in [6.45, 7) is 5.31. The molecule has 2 heterocycles. The maximum Gasteiger partial charge on any atom is 0.573 e. The lowest BCUT2D eigenvalue weighted by atomic mass is 10.2. The molecule has 2 aromatic heterocycles. The standard InChI is InChI=1S/C21H21ClF3N7O3/c1-11(2)31(4)20(34)16-8-17(27-9-26-16)32-18(28-10-29-32)12(3)30-19(33)13-5-14(22)7-15(6-13)35-21(23,24)25/h5-12H,1-4H3,(H,30,33)/t12-/m0/s1. The van der Waals surface area contributed by atoms with Gasteiger partial charge < -0.3 is 15.0 Å². The summed E-state index contributed by atoms with van der Waals surface area (Å²) in [5.41, 5.74) is -0.0123. The van der Waals surface area contributed by atoms with Crippen LogP contribution in [0.3, 0.4) is 0 Å². The van der Waals surface area contributed by atoms with Crippen molar-refractivity contribution in [3.63, 3.8) is 0 Å². The Morgan fingerprint density at radius 1 is 1.09 bits per heavy atom. The second-order valence-corrected chi connectivity index (χ2v) is 8.16. The average molecular weight is 512 g/mol. The van der Waals surface area contributed by atoms with Gasteiger partial charge in [-0.2, -0.15) is 9.78 Å². The van der Waals surface area contributed by atoms with Crippen molar-refractivity contribution in [2.75, 3.05) is 7.05 Å². The fourth-order valence-electron chi connectivity index (χ4n) is 2.95. The second kappa shape index (κ2) is 10.3. The first-order valence-electron chi connectivity index (χ1n) is 10.2. The quantitative estimate of drug-likeness (QED) is 0.515. The SMILES string of the molecule is CC(C)N(C)C(=O)c1cc(-n2ncnc2[C@H](C)NC(=O)c2cc(Cl)cc(OC(F)(F)F)c2)ncn1. The largest absolute Gasteiger partial charge is 0.573 e. The van der Waals surface area contributed by atoms with Gasteiger partial charge in [0.25, 0.3) is 11.8 Å². The van der Waals surface area contributed by atoms with Crippen molar-refractivity contribution in [3.05, 3.63) is 59.0 Å². The van der Waals surface area contributed by atoms with Gasteiger partial charge in [-0.15, -0.1) is 13.2 Å². The molecule has 0 aliphatic carbocycles. The van der Waals surface area contributed by atoms with Crippen LogP contribution >= 0.6 is 11.6 Å². The first kappa shape index (κ1) is 25.9. The number of rotatable bonds is 7. The highest BCUT2D eigenvalue weighted by atomic mass is 35.5. The van der Waals surface area contributed by atoms with Gasteiger partial charge in [-0.05, 0) is 39.0 Å². The number of benzene rings is 1. The number of nitrogens with one attached hydrogen (secondary N) is 1. The molecule has 186 valence electrons. The van der Waals surface area contributed by atoms with Crippen LogP contribution < -0.4 is 10.1 Å². The van der Waals surface area contributed by atoms with Gasteiger partial charge in [0.2, 0.25) is 0 Å². The van der Waals surface area contributed by atoms with Crippen LogP contribution in [0.15, 0.2) is 36.9 Å². The fraction of sp³-hybridized carbons (Fsp3) is 0.333. The number of amides is 2. The second-order valence-electron chi connectivity index (χ2n) is 7.72. The molecule has 0 aliphatic rings. The highest BCUT2D eigenvalue weighted by Crippen LogP contribution is 2.27. The van der Waals surface area contributed by atoms with Gasteiger partial charge in [0.05, 0.1) is 6.04 Å². The van der Waals surface area contributed by atoms with E-state index < -0.39 is 24.1 Å². The minimum atomic E-state index is -4.94. The van der Waals surface area contributed by atoms with Gasteiger partial charge >= 0.3 is 6.36 Å². The Bertz CT molecular complexity index is 1230. The van der Waals surface area contributed by atoms with Crippen LogP contribution in [0.2, 0.25) is 5.02 Å². The summed E-state index contributed by atoms with van der Waals surface area (Å²) in [6.07, 6.45) is -2.50. The molecule has 0 fully saturated rings. The first-order valence-corrected chi connectivity index (χ1v) is 10.6. The fourth-order valence-corrected chi connectivity index (χ4v) is 3.17. The van der Waals surface area contributed by atoms with E-state index in [1.807, 2.05) is 13.8 Å². The van der Waals surface area contributed by atoms with Gasteiger partial charge in [0, 0.05) is 29.7 Å². The van der Waals surface area contributed by atoms with Crippen LogP contribution in [-0.2, 0) is 0 Å². The lowest BCUT2D eigenvalue weighted by molar-refractivity contribution is -0.274. The molecule has 0 radical (unpaired) electrons. The smallest absolute Gasteiger partial charge is 0.406 e. The highest BCUT2D eigenvalue weighted by Gasteiger charge is 2.31. The number of aromatic nitrogens is 5. The topological polar surface area (TPSA) is 115 Å². The van der Waals surface area contributed by atoms with Gasteiger partial charge in [-0.3, -0.25) is 9.59 Å². The molecular weight excluding hydrogens is 491 g/mol. The number of halogens is 4. The van der Waals surface area contributed by atoms with Crippen molar-refractivity contribution >= 4 is 23.4 Å². The molecule has 1 atom stereocenters. The van der Waals surface area contributed by atoms with Crippen LogP contribution in [0.4, 0.5) is 13.2 Å². The molecule has 0 spiro atoms. The van der Waals surface area contributed by atoms with E-state index in [4.69, 9.17) is 11.6 Å². The van der Waals surface area contributed by atoms with E-state index in [2.05, 4.69) is 30.1 Å². The van der Waals surface area contributed by atoms with Crippen LogP contribution in [-0.4, -0.2) is 60.9 Å². The van der Waals surface area contributed by atoms with E-state index in [9.17, 15) is 22.8 Å². The van der Waals surface area contributed by atoms with Gasteiger partial charge in [0.1, 0.15) is 24.1 Å². The summed E-state index contributed by atoms with van der Waals surface area (Å²) in [4.78, 5) is 39.1. The van der Waals surface area contributed by atoms with Crippen molar-refractivity contribution < 1.29 is 27.5 Å². The molecular formula is C21H21ClF3N7O3. The normalized spacial score (nSPS) is 12.4. The maximum absolute atomic E-state index is 12.7. The predicted molar refractivity (Wildman–Crippen MR) is 118 cm³/mol. The van der Waals surface area contributed by atoms with Crippen molar-refractivity contribution in [1.82, 2.24) is 34.9 Å². The number of hydrogen-bond acceptors (Lipinski definition) is 7. The molecule has 10 nitrogen and oxygen atoms in total. The molecule has 0 saturated carbocycles. The third-order valence-electron chi connectivity index (χ3n) is 4.86. The third kappa shape index (κ3) is 6.44. The Kier molecular flexibility index (Phi) is 7.58. The van der Waals surface area contributed by atoms with Crippen LogP contribution in [0.1, 0.15) is 53.5 Å². The monoisotopic (exact) mass is 511 g/mol. The summed E-state index contributed by atoms with van der Waals surface area (Å²) in [5.74, 6) is -1.18. The molecule has 14 heteroatoms. The number of carbonyl (C=O) groups excluding carboxylic acids is 2. The molecule has 0 bridgehead atoms. The number of hydrogen-bond donors (Lipinski definition) is 1. The Morgan fingerprint density at radius 3 is 2.46 bits per heavy atom. The maximum atomic E-state index is 12.7. The first-order chi connectivity index (χ1) is 16.4. The van der Waals surface area contributed by atoms with Crippen molar-refractivity contribution in [3.8, 4) is 11.6 Å². The molecule has 35 heavy (non-hydrogen) atoms. The summed E-state index contributed by atoms with van der Waals surface area (Å²) in [6, 6.07) is 3.68. The summed E-state index contributed by atoms with van der Waals surface area (Å²) < 4.78 is 42.8. The minimum Gasteiger partial charge on any atom is -0.406 e. The zero-order valence-corrected chi connectivity index (χ0v) is 19.8. The lowest BCUT2D eigenvalue weighted by Crippen LogP contribution is -2.33. The Hall–Kier alpha value is -3.74. The van der Waals surface area contributed by atoms with Crippen molar-refractivity contribution in [1.29, 1.82) is 0 Å². The minimum absolute atomic E-state index is 0.0494. The molecule has 0 unspecified atom stereocenters. The van der Waals surface area contributed by atoms with E-state index in [-0.39, 0.29) is 39.9 Å². The summed E-state index contributed by atoms with van der Waals surface area (Å²) in [5, 5.41) is 6.62. The molecule has 3 rings (SSSR count). The highest BCUT2D eigenvalue weighted by molar-refractivity contribution is 6.31. The van der Waals surface area contributed by atoms with E-state index in [0.717, 1.165) is 12.1 Å². The van der Waals surface area contributed by atoms with Gasteiger partial charge in [0.15, 0.2) is 11.6 Å². The molecule has 0 aliphatic heterocycles. The molecule has 0 saturated heterocycles. The van der Waals surface area contributed by atoms with Crippen molar-refractivity contribution in [2.24, 2.45) is 0 Å². The van der Waals surface area contributed by atoms with E-state index in [0.29, 0.717) is 0 Å². The van der Waals surface area contributed by atoms with Crippen LogP contribution in [0, 0.1) is 0 Å². The predicted octanol–water partition coefficient (Wildman–Crippen LogP) is 3.58. The number of carbonyl (C=O) groups is 2. The van der Waals surface area contributed by atoms with Crippen LogP contribution in [0.25, 0.3) is 5.82 Å². The molecule has 3 aromatic rings. The number of ether oxygens (including phenoxy) is 1. The molecule has 2 amide bonds. The Morgan fingerprint density at radius 2 is 1.80 bits per heavy atom. The van der Waals surface area contributed by atoms with Crippen LogP contribution in [0.5, 0.6) is 5.75 Å². The average Bonchev–Trinajstić information content (AvgIpc) is 3.26. The number of nitrogens with zero attached hydrogens (tertiary/aromatic N) is 6. The third-order valence-corrected chi connectivity index (χ3v) is 5.08. The van der Waals surface area contributed by atoms with Crippen molar-refractivity contribution in [2.45, 2.75) is 39.2 Å². The summed E-state index contributed by atoms with van der Waals surface area (Å²) >= 11 is 5.85. The lowest BCUT2D eigenvalue weighted by Gasteiger charge is -2.21.